The van der Waals surface area contributed by atoms with Crippen LogP contribution in [0.4, 0.5) is 0 Å². The van der Waals surface area contributed by atoms with Crippen LogP contribution < -0.4 is 15.8 Å². The maximum Gasteiger partial charge on any atom is 0.234 e. The molecule has 0 saturated carbocycles. The van der Waals surface area contributed by atoms with Crippen LogP contribution in [0.3, 0.4) is 0 Å². The normalized spacial score (nSPS) is 19.0. The maximum absolute atomic E-state index is 13.5. The summed E-state index contributed by atoms with van der Waals surface area (Å²) in [5.41, 5.74) is 11.3. The number of rotatable bonds is 9. The Bertz CT molecular complexity index is 1750. The summed E-state index contributed by atoms with van der Waals surface area (Å²) in [6, 6.07) is 18.1. The summed E-state index contributed by atoms with van der Waals surface area (Å²) in [6.45, 7) is 3.94. The SMILES string of the molecule is COc1cccc(CCNC(=O)CN2CCCC3(CC(=O)C(c4cc(Cl)c(-c5cccc(S(C)(=O)=O)c5)cc4C)=C3N)C2)c1. The van der Waals surface area contributed by atoms with Gasteiger partial charge in [0.05, 0.1) is 18.6 Å². The van der Waals surface area contributed by atoms with E-state index in [0.717, 1.165) is 36.3 Å². The molecule has 3 N–H and O–H groups in total. The molecule has 1 aliphatic heterocycles. The van der Waals surface area contributed by atoms with Crippen LogP contribution in [0, 0.1) is 12.3 Å². The van der Waals surface area contributed by atoms with Gasteiger partial charge < -0.3 is 15.8 Å². The number of benzene rings is 3. The molecule has 1 spiro atoms. The Morgan fingerprint density at radius 3 is 2.64 bits per heavy atom. The number of nitrogens with one attached hydrogen (secondary N) is 1. The Hall–Kier alpha value is -3.66. The molecule has 8 nitrogen and oxygen atoms in total. The number of carbonyl (C=O) groups is 2. The summed E-state index contributed by atoms with van der Waals surface area (Å²) >= 11 is 6.75. The van der Waals surface area contributed by atoms with Gasteiger partial charge in [0.15, 0.2) is 15.6 Å². The molecule has 1 atom stereocenters. The molecule has 0 radical (unpaired) electrons. The third-order valence-corrected chi connectivity index (χ3v) is 10.1. The molecule has 3 aromatic carbocycles. The van der Waals surface area contributed by atoms with E-state index in [1.54, 1.807) is 31.4 Å². The minimum Gasteiger partial charge on any atom is -0.497 e. The molecule has 0 aromatic heterocycles. The van der Waals surface area contributed by atoms with Crippen LogP contribution in [0.5, 0.6) is 5.75 Å². The molecule has 3 aromatic rings. The molecular weight excluding hydrogens is 598 g/mol. The smallest absolute Gasteiger partial charge is 0.234 e. The second kappa shape index (κ2) is 12.8. The number of halogens is 1. The lowest BCUT2D eigenvalue weighted by Crippen LogP contribution is -2.48. The van der Waals surface area contributed by atoms with E-state index in [1.807, 2.05) is 43.3 Å². The zero-order chi connectivity index (χ0) is 31.6. The van der Waals surface area contributed by atoms with Crippen LogP contribution in [0.2, 0.25) is 5.02 Å². The van der Waals surface area contributed by atoms with Gasteiger partial charge >= 0.3 is 0 Å². The third-order valence-electron chi connectivity index (χ3n) is 8.67. The molecule has 1 amide bonds. The molecule has 1 heterocycles. The predicted molar refractivity (Wildman–Crippen MR) is 173 cm³/mol. The van der Waals surface area contributed by atoms with Gasteiger partial charge in [-0.15, -0.1) is 0 Å². The molecular formula is C34H38ClN3O5S. The van der Waals surface area contributed by atoms with E-state index in [1.165, 1.54) is 6.26 Å². The van der Waals surface area contributed by atoms with Crippen LogP contribution >= 0.6 is 11.6 Å². The summed E-state index contributed by atoms with van der Waals surface area (Å²) in [7, 11) is -1.75. The van der Waals surface area contributed by atoms with Crippen molar-refractivity contribution in [1.29, 1.82) is 0 Å². The van der Waals surface area contributed by atoms with Crippen molar-refractivity contribution in [3.8, 4) is 16.9 Å². The highest BCUT2D eigenvalue weighted by molar-refractivity contribution is 7.90. The minimum atomic E-state index is -3.38. The van der Waals surface area contributed by atoms with Gasteiger partial charge in [0, 0.05) is 53.0 Å². The van der Waals surface area contributed by atoms with E-state index < -0.39 is 15.3 Å². The fourth-order valence-electron chi connectivity index (χ4n) is 6.43. The summed E-state index contributed by atoms with van der Waals surface area (Å²) in [5, 5.41) is 3.42. The molecule has 44 heavy (non-hydrogen) atoms. The van der Waals surface area contributed by atoms with E-state index in [0.29, 0.717) is 52.5 Å². The molecule has 1 unspecified atom stereocenters. The number of carbonyl (C=O) groups excluding carboxylic acids is 2. The highest BCUT2D eigenvalue weighted by Gasteiger charge is 2.47. The van der Waals surface area contributed by atoms with Crippen molar-refractivity contribution < 1.29 is 22.7 Å². The highest BCUT2D eigenvalue weighted by atomic mass is 35.5. The summed E-state index contributed by atoms with van der Waals surface area (Å²) in [5.74, 6) is 0.699. The largest absolute Gasteiger partial charge is 0.497 e. The summed E-state index contributed by atoms with van der Waals surface area (Å²) in [6.07, 6.45) is 3.75. The lowest BCUT2D eigenvalue weighted by molar-refractivity contribution is -0.123. The van der Waals surface area contributed by atoms with Gasteiger partial charge in [-0.2, -0.15) is 0 Å². The number of sulfone groups is 1. The van der Waals surface area contributed by atoms with Crippen molar-refractivity contribution in [1.82, 2.24) is 10.2 Å². The molecule has 1 saturated heterocycles. The van der Waals surface area contributed by atoms with Crippen LogP contribution in [-0.4, -0.2) is 64.6 Å². The van der Waals surface area contributed by atoms with Crippen LogP contribution in [-0.2, 0) is 25.8 Å². The average molecular weight is 636 g/mol. The number of hydrogen-bond donors (Lipinski definition) is 2. The van der Waals surface area contributed by atoms with Gasteiger partial charge in [-0.1, -0.05) is 35.9 Å². The van der Waals surface area contributed by atoms with Gasteiger partial charge in [0.25, 0.3) is 0 Å². The third kappa shape index (κ3) is 6.70. The molecule has 1 aliphatic carbocycles. The van der Waals surface area contributed by atoms with Crippen molar-refractivity contribution in [2.24, 2.45) is 11.1 Å². The van der Waals surface area contributed by atoms with Gasteiger partial charge in [-0.05, 0) is 91.4 Å². The Balaban J connectivity index is 1.31. The van der Waals surface area contributed by atoms with Crippen LogP contribution in [0.25, 0.3) is 16.7 Å². The van der Waals surface area contributed by atoms with Gasteiger partial charge in [-0.25, -0.2) is 8.42 Å². The zero-order valence-corrected chi connectivity index (χ0v) is 26.9. The van der Waals surface area contributed by atoms with E-state index in [4.69, 9.17) is 22.1 Å². The highest BCUT2D eigenvalue weighted by Crippen LogP contribution is 2.49. The number of nitrogens with two attached hydrogens (primary N) is 1. The Labute approximate surface area is 264 Å². The number of amides is 1. The number of allylic oxidation sites excluding steroid dienone is 1. The summed E-state index contributed by atoms with van der Waals surface area (Å²) in [4.78, 5) is 28.7. The standard InChI is InChI=1S/C34H38ClN3O5S/c1-22-15-28(24-8-5-10-26(17-24)44(3,41)42)29(35)18-27(22)32-30(39)19-34(33(32)36)12-6-14-38(21-34)20-31(40)37-13-11-23-7-4-9-25(16-23)43-2/h4-5,7-10,15-18H,6,11-14,19-21,36H2,1-3H3,(H,37,40). The lowest BCUT2D eigenvalue weighted by Gasteiger charge is -2.40. The predicted octanol–water partition coefficient (Wildman–Crippen LogP) is 4.81. The van der Waals surface area contributed by atoms with Crippen LogP contribution in [0.15, 0.2) is 71.3 Å². The van der Waals surface area contributed by atoms with E-state index in [2.05, 4.69) is 10.2 Å². The summed E-state index contributed by atoms with van der Waals surface area (Å²) < 4.78 is 29.5. The zero-order valence-electron chi connectivity index (χ0n) is 25.3. The second-order valence-electron chi connectivity index (χ2n) is 11.9. The molecule has 5 rings (SSSR count). The van der Waals surface area contributed by atoms with E-state index >= 15 is 0 Å². The first-order valence-corrected chi connectivity index (χ1v) is 16.9. The van der Waals surface area contributed by atoms with Crippen molar-refractivity contribution >= 4 is 38.7 Å². The molecule has 1 fully saturated rings. The lowest BCUT2D eigenvalue weighted by atomic mass is 9.77. The number of Topliss-reactive ketones (excluding diaryl/α,β-unsaturated/α-hetero) is 1. The topological polar surface area (TPSA) is 119 Å². The van der Waals surface area contributed by atoms with Crippen LogP contribution in [0.1, 0.15) is 36.0 Å². The number of likely N-dealkylation sites (tertiary alicyclic amines) is 1. The van der Waals surface area contributed by atoms with Crippen molar-refractivity contribution in [2.75, 3.05) is 39.5 Å². The monoisotopic (exact) mass is 635 g/mol. The molecule has 232 valence electrons. The number of piperidine rings is 1. The fraction of sp³-hybridized carbons (Fsp3) is 0.353. The van der Waals surface area contributed by atoms with Crippen molar-refractivity contribution in [3.05, 3.63) is 88.1 Å². The minimum absolute atomic E-state index is 0.0296. The number of methoxy groups -OCH3 is 1. The number of nitrogens with zero attached hydrogens (tertiary/aromatic N) is 1. The molecule has 0 bridgehead atoms. The first-order valence-electron chi connectivity index (χ1n) is 14.7. The first kappa shape index (κ1) is 31.8. The average Bonchev–Trinajstić information content (AvgIpc) is 3.21. The maximum atomic E-state index is 13.5. The Kier molecular flexibility index (Phi) is 9.20. The van der Waals surface area contributed by atoms with Crippen molar-refractivity contribution in [3.63, 3.8) is 0 Å². The van der Waals surface area contributed by atoms with E-state index in [-0.39, 0.29) is 29.6 Å². The molecule has 10 heteroatoms. The van der Waals surface area contributed by atoms with Gasteiger partial charge in [-0.3, -0.25) is 14.5 Å². The number of ketones is 1. The number of ether oxygens (including phenoxy) is 1. The Morgan fingerprint density at radius 1 is 1.11 bits per heavy atom. The Morgan fingerprint density at radius 2 is 1.89 bits per heavy atom. The first-order chi connectivity index (χ1) is 20.9. The van der Waals surface area contributed by atoms with Crippen molar-refractivity contribution in [2.45, 2.75) is 37.5 Å². The number of aryl methyl sites for hydroxylation is 1. The van der Waals surface area contributed by atoms with E-state index in [9.17, 15) is 18.0 Å². The van der Waals surface area contributed by atoms with Gasteiger partial charge in [0.1, 0.15) is 5.75 Å². The molecule has 2 aliphatic rings. The van der Waals surface area contributed by atoms with Gasteiger partial charge in [0.2, 0.25) is 5.91 Å². The fourth-order valence-corrected chi connectivity index (χ4v) is 7.37. The second-order valence-corrected chi connectivity index (χ2v) is 14.3. The quantitative estimate of drug-likeness (QED) is 0.346. The number of hydrogen-bond acceptors (Lipinski definition) is 7.